The van der Waals surface area contributed by atoms with Crippen LogP contribution in [0, 0.1) is 5.82 Å². The van der Waals surface area contributed by atoms with Gasteiger partial charge in [0.1, 0.15) is 5.82 Å². The maximum atomic E-state index is 13.2. The number of hydrogen-bond acceptors (Lipinski definition) is 2. The number of halogens is 1. The molecule has 0 bridgehead atoms. The lowest BCUT2D eigenvalue weighted by Gasteiger charge is -2.10. The van der Waals surface area contributed by atoms with E-state index < -0.39 is 0 Å². The highest BCUT2D eigenvalue weighted by molar-refractivity contribution is 5.75. The van der Waals surface area contributed by atoms with E-state index >= 15 is 0 Å². The minimum Gasteiger partial charge on any atom is -0.349 e. The molecule has 1 amide bonds. The van der Waals surface area contributed by atoms with Crippen molar-refractivity contribution in [3.8, 4) is 0 Å². The Morgan fingerprint density at radius 3 is 2.69 bits per heavy atom. The number of carbonyl (C=O) groups is 1. The van der Waals surface area contributed by atoms with Gasteiger partial charge in [0.15, 0.2) is 0 Å². The Bertz CT molecular complexity index is 353. The van der Waals surface area contributed by atoms with Gasteiger partial charge in [-0.1, -0.05) is 18.2 Å². The zero-order chi connectivity index (χ0) is 12.0. The Morgan fingerprint density at radius 1 is 1.38 bits per heavy atom. The highest BCUT2D eigenvalue weighted by atomic mass is 19.1. The molecule has 0 aromatic heterocycles. The normalized spacial score (nSPS) is 10.2. The van der Waals surface area contributed by atoms with Crippen LogP contribution in [0.4, 0.5) is 4.39 Å². The van der Waals surface area contributed by atoms with E-state index in [0.29, 0.717) is 25.1 Å². The molecule has 4 heteroatoms. The van der Waals surface area contributed by atoms with Crippen molar-refractivity contribution < 1.29 is 9.18 Å². The van der Waals surface area contributed by atoms with Crippen molar-refractivity contribution in [3.05, 3.63) is 35.6 Å². The monoisotopic (exact) mass is 224 g/mol. The van der Waals surface area contributed by atoms with Crippen molar-refractivity contribution >= 4 is 5.91 Å². The lowest BCUT2D eigenvalue weighted by atomic mass is 10.2. The van der Waals surface area contributed by atoms with Crippen molar-refractivity contribution in [1.82, 2.24) is 10.2 Å². The minimum absolute atomic E-state index is 0.0704. The first-order valence-electron chi connectivity index (χ1n) is 5.25. The molecule has 0 aliphatic rings. The summed E-state index contributed by atoms with van der Waals surface area (Å²) in [5, 5.41) is 3.04. The summed E-state index contributed by atoms with van der Waals surface area (Å²) < 4.78 is 13.2. The Hall–Kier alpha value is -1.42. The number of rotatable bonds is 5. The first kappa shape index (κ1) is 12.6. The molecular formula is C12H17FN2O. The van der Waals surface area contributed by atoms with Gasteiger partial charge in [-0.2, -0.15) is 0 Å². The number of carbonyl (C=O) groups excluding carboxylic acids is 1. The van der Waals surface area contributed by atoms with E-state index in [1.54, 1.807) is 37.2 Å². The molecule has 0 saturated carbocycles. The number of nitrogens with zero attached hydrogens (tertiary/aromatic N) is 1. The largest absolute Gasteiger partial charge is 0.349 e. The number of hydrogen-bond donors (Lipinski definition) is 1. The van der Waals surface area contributed by atoms with Gasteiger partial charge in [-0.3, -0.25) is 4.79 Å². The number of amides is 1. The van der Waals surface area contributed by atoms with Crippen LogP contribution in [0.2, 0.25) is 0 Å². The fourth-order valence-corrected chi connectivity index (χ4v) is 1.28. The summed E-state index contributed by atoms with van der Waals surface area (Å²) >= 11 is 0. The van der Waals surface area contributed by atoms with Gasteiger partial charge in [0, 0.05) is 39.2 Å². The van der Waals surface area contributed by atoms with Gasteiger partial charge in [-0.15, -0.1) is 0 Å². The lowest BCUT2D eigenvalue weighted by Crippen LogP contribution is -2.26. The smallest absolute Gasteiger partial charge is 0.223 e. The summed E-state index contributed by atoms with van der Waals surface area (Å²) in [6.45, 7) is 1.01. The quantitative estimate of drug-likeness (QED) is 0.767. The average molecular weight is 224 g/mol. The first-order chi connectivity index (χ1) is 7.61. The van der Waals surface area contributed by atoms with Crippen LogP contribution in [0.3, 0.4) is 0 Å². The van der Waals surface area contributed by atoms with E-state index in [-0.39, 0.29) is 11.7 Å². The van der Waals surface area contributed by atoms with E-state index in [2.05, 4.69) is 5.32 Å². The summed E-state index contributed by atoms with van der Waals surface area (Å²) in [4.78, 5) is 12.8. The Kier molecular flexibility index (Phi) is 4.92. The van der Waals surface area contributed by atoms with Crippen molar-refractivity contribution in [2.24, 2.45) is 0 Å². The van der Waals surface area contributed by atoms with E-state index in [1.807, 2.05) is 0 Å². The molecule has 3 nitrogen and oxygen atoms in total. The molecule has 1 aromatic rings. The van der Waals surface area contributed by atoms with Crippen molar-refractivity contribution in [3.63, 3.8) is 0 Å². The van der Waals surface area contributed by atoms with Crippen LogP contribution >= 0.6 is 0 Å². The average Bonchev–Trinajstić information content (AvgIpc) is 2.26. The molecule has 88 valence electrons. The molecule has 0 radical (unpaired) electrons. The zero-order valence-electron chi connectivity index (χ0n) is 9.66. The number of nitrogens with one attached hydrogen (secondary N) is 1. The van der Waals surface area contributed by atoms with Crippen molar-refractivity contribution in [1.29, 1.82) is 0 Å². The summed E-state index contributed by atoms with van der Waals surface area (Å²) in [7, 11) is 3.44. The fraction of sp³-hybridized carbons (Fsp3) is 0.417. The third kappa shape index (κ3) is 3.98. The molecule has 0 unspecified atom stereocenters. The molecule has 1 aromatic carbocycles. The second-order valence-electron chi connectivity index (χ2n) is 3.81. The number of benzene rings is 1. The summed E-state index contributed by atoms with van der Waals surface area (Å²) in [6, 6.07) is 6.62. The van der Waals surface area contributed by atoms with Gasteiger partial charge in [0.25, 0.3) is 0 Å². The molecule has 0 atom stereocenters. The summed E-state index contributed by atoms with van der Waals surface area (Å²) in [6.07, 6.45) is 0.432. The topological polar surface area (TPSA) is 32.3 Å². The van der Waals surface area contributed by atoms with E-state index in [0.717, 1.165) is 0 Å². The highest BCUT2D eigenvalue weighted by Crippen LogP contribution is 2.05. The zero-order valence-corrected chi connectivity index (χ0v) is 9.66. The van der Waals surface area contributed by atoms with Crippen LogP contribution in [0.1, 0.15) is 12.0 Å². The standard InChI is InChI=1S/C12H17FN2O/c1-15(2)12(16)7-8-14-9-10-5-3-4-6-11(10)13/h3-6,14H,7-9H2,1-2H3. The summed E-state index contributed by atoms with van der Waals surface area (Å²) in [5.41, 5.74) is 0.625. The Morgan fingerprint density at radius 2 is 2.06 bits per heavy atom. The van der Waals surface area contributed by atoms with E-state index in [1.165, 1.54) is 6.07 Å². The van der Waals surface area contributed by atoms with Gasteiger partial charge in [0.05, 0.1) is 0 Å². The minimum atomic E-state index is -0.214. The van der Waals surface area contributed by atoms with Gasteiger partial charge in [0.2, 0.25) is 5.91 Å². The molecule has 0 spiro atoms. The Balaban J connectivity index is 2.26. The fourth-order valence-electron chi connectivity index (χ4n) is 1.28. The maximum absolute atomic E-state index is 13.2. The van der Waals surface area contributed by atoms with Crippen LogP contribution in [0.25, 0.3) is 0 Å². The molecule has 0 saturated heterocycles. The maximum Gasteiger partial charge on any atom is 0.223 e. The van der Waals surface area contributed by atoms with Crippen molar-refractivity contribution in [2.75, 3.05) is 20.6 Å². The third-order valence-corrected chi connectivity index (χ3v) is 2.29. The van der Waals surface area contributed by atoms with Crippen molar-refractivity contribution in [2.45, 2.75) is 13.0 Å². The molecule has 0 heterocycles. The second kappa shape index (κ2) is 6.23. The highest BCUT2D eigenvalue weighted by Gasteiger charge is 2.03. The van der Waals surface area contributed by atoms with E-state index in [9.17, 15) is 9.18 Å². The molecule has 1 N–H and O–H groups in total. The predicted octanol–water partition coefficient (Wildman–Crippen LogP) is 1.39. The van der Waals surface area contributed by atoms with Crippen LogP contribution in [-0.2, 0) is 11.3 Å². The van der Waals surface area contributed by atoms with Crippen LogP contribution < -0.4 is 5.32 Å². The van der Waals surface area contributed by atoms with Gasteiger partial charge in [-0.05, 0) is 6.07 Å². The Labute approximate surface area is 95.3 Å². The molecule has 1 rings (SSSR count). The lowest BCUT2D eigenvalue weighted by molar-refractivity contribution is -0.128. The van der Waals surface area contributed by atoms with Crippen LogP contribution in [0.15, 0.2) is 24.3 Å². The van der Waals surface area contributed by atoms with Crippen LogP contribution in [0.5, 0.6) is 0 Å². The van der Waals surface area contributed by atoms with Gasteiger partial charge < -0.3 is 10.2 Å². The second-order valence-corrected chi connectivity index (χ2v) is 3.81. The molecule has 0 aliphatic heterocycles. The SMILES string of the molecule is CN(C)C(=O)CCNCc1ccccc1F. The van der Waals surface area contributed by atoms with Gasteiger partial charge >= 0.3 is 0 Å². The van der Waals surface area contributed by atoms with E-state index in [4.69, 9.17) is 0 Å². The predicted molar refractivity (Wildman–Crippen MR) is 61.4 cm³/mol. The molecule has 0 aliphatic carbocycles. The first-order valence-corrected chi connectivity index (χ1v) is 5.25. The summed E-state index contributed by atoms with van der Waals surface area (Å²) in [5.74, 6) is -0.144. The van der Waals surface area contributed by atoms with Crippen LogP contribution in [-0.4, -0.2) is 31.4 Å². The molecule has 0 fully saturated rings. The molecular weight excluding hydrogens is 207 g/mol. The molecule has 16 heavy (non-hydrogen) atoms. The third-order valence-electron chi connectivity index (χ3n) is 2.29. The van der Waals surface area contributed by atoms with Gasteiger partial charge in [-0.25, -0.2) is 4.39 Å².